The number of ether oxygens (including phenoxy) is 1. The van der Waals surface area contributed by atoms with Gasteiger partial charge in [-0.3, -0.25) is 0 Å². The largest absolute Gasteiger partial charge is 0.374 e. The molecule has 0 unspecified atom stereocenters. The SMILES string of the molecule is CC1(C)CCC(OCc2cccc(C#CCN)c2)CC1. The zero-order valence-corrected chi connectivity index (χ0v) is 12.6. The van der Waals surface area contributed by atoms with Crippen molar-refractivity contribution >= 4 is 0 Å². The first-order chi connectivity index (χ1) is 9.59. The van der Waals surface area contributed by atoms with Crippen molar-refractivity contribution in [3.8, 4) is 11.8 Å². The molecule has 0 aliphatic heterocycles. The third-order valence-corrected chi connectivity index (χ3v) is 4.03. The fraction of sp³-hybridized carbons (Fsp3) is 0.556. The average Bonchev–Trinajstić information content (AvgIpc) is 2.44. The van der Waals surface area contributed by atoms with Crippen LogP contribution in [0.5, 0.6) is 0 Å². The second kappa shape index (κ2) is 6.92. The molecule has 1 fully saturated rings. The van der Waals surface area contributed by atoms with Crippen molar-refractivity contribution in [1.82, 2.24) is 0 Å². The molecule has 0 spiro atoms. The van der Waals surface area contributed by atoms with E-state index in [4.69, 9.17) is 10.5 Å². The Balaban J connectivity index is 1.85. The average molecular weight is 271 g/mol. The summed E-state index contributed by atoms with van der Waals surface area (Å²) in [4.78, 5) is 0. The first-order valence-corrected chi connectivity index (χ1v) is 7.48. The Morgan fingerprint density at radius 3 is 2.75 bits per heavy atom. The second-order valence-corrected chi connectivity index (χ2v) is 6.38. The van der Waals surface area contributed by atoms with Crippen molar-refractivity contribution in [1.29, 1.82) is 0 Å². The van der Waals surface area contributed by atoms with E-state index in [0.717, 1.165) is 5.56 Å². The van der Waals surface area contributed by atoms with Crippen molar-refractivity contribution < 1.29 is 4.74 Å². The summed E-state index contributed by atoms with van der Waals surface area (Å²) in [7, 11) is 0. The van der Waals surface area contributed by atoms with Gasteiger partial charge in [-0.25, -0.2) is 0 Å². The molecule has 2 heteroatoms. The summed E-state index contributed by atoms with van der Waals surface area (Å²) in [6.07, 6.45) is 5.31. The molecule has 108 valence electrons. The molecule has 2 nitrogen and oxygen atoms in total. The van der Waals surface area contributed by atoms with Crippen LogP contribution in [0.3, 0.4) is 0 Å². The Hall–Kier alpha value is -1.30. The monoisotopic (exact) mass is 271 g/mol. The van der Waals surface area contributed by atoms with Crippen LogP contribution < -0.4 is 5.73 Å². The lowest BCUT2D eigenvalue weighted by molar-refractivity contribution is -0.00559. The van der Waals surface area contributed by atoms with Gasteiger partial charge in [-0.1, -0.05) is 37.8 Å². The lowest BCUT2D eigenvalue weighted by Gasteiger charge is -2.34. The Bertz CT molecular complexity index is 486. The van der Waals surface area contributed by atoms with Gasteiger partial charge in [0.2, 0.25) is 0 Å². The van der Waals surface area contributed by atoms with Crippen LogP contribution in [-0.4, -0.2) is 12.6 Å². The van der Waals surface area contributed by atoms with E-state index < -0.39 is 0 Å². The van der Waals surface area contributed by atoms with Crippen LogP contribution >= 0.6 is 0 Å². The smallest absolute Gasteiger partial charge is 0.0721 e. The molecular weight excluding hydrogens is 246 g/mol. The highest BCUT2D eigenvalue weighted by Gasteiger charge is 2.27. The Morgan fingerprint density at radius 1 is 1.30 bits per heavy atom. The van der Waals surface area contributed by atoms with Gasteiger partial charge < -0.3 is 10.5 Å². The number of hydrogen-bond donors (Lipinski definition) is 1. The predicted molar refractivity (Wildman–Crippen MR) is 83.2 cm³/mol. The third-order valence-electron chi connectivity index (χ3n) is 4.03. The zero-order chi connectivity index (χ0) is 14.4. The van der Waals surface area contributed by atoms with Crippen molar-refractivity contribution in [3.63, 3.8) is 0 Å². The fourth-order valence-electron chi connectivity index (χ4n) is 2.65. The van der Waals surface area contributed by atoms with Crippen LogP contribution in [0.4, 0.5) is 0 Å². The minimum atomic E-state index is 0.401. The number of rotatable bonds is 3. The minimum Gasteiger partial charge on any atom is -0.374 e. The van der Waals surface area contributed by atoms with E-state index in [2.05, 4.69) is 37.8 Å². The molecule has 20 heavy (non-hydrogen) atoms. The first kappa shape index (κ1) is 15.1. The molecule has 0 aromatic heterocycles. The standard InChI is InChI=1S/C18H25NO/c1-18(2)10-8-17(9-11-18)20-14-16-6-3-5-15(13-16)7-4-12-19/h3,5-6,13,17H,8-12,14,19H2,1-2H3. The molecule has 0 amide bonds. The fourth-order valence-corrected chi connectivity index (χ4v) is 2.65. The van der Waals surface area contributed by atoms with E-state index in [9.17, 15) is 0 Å². The van der Waals surface area contributed by atoms with Gasteiger partial charge in [0.15, 0.2) is 0 Å². The summed E-state index contributed by atoms with van der Waals surface area (Å²) >= 11 is 0. The van der Waals surface area contributed by atoms with Gasteiger partial charge >= 0.3 is 0 Å². The molecular formula is C18H25NO. The van der Waals surface area contributed by atoms with Gasteiger partial charge in [0, 0.05) is 5.56 Å². The summed E-state index contributed by atoms with van der Waals surface area (Å²) in [6.45, 7) is 5.79. The molecule has 0 bridgehead atoms. The van der Waals surface area contributed by atoms with Crippen LogP contribution in [-0.2, 0) is 11.3 Å². The Morgan fingerprint density at radius 2 is 2.05 bits per heavy atom. The van der Waals surface area contributed by atoms with Crippen LogP contribution in [0, 0.1) is 17.3 Å². The lowest BCUT2D eigenvalue weighted by Crippen LogP contribution is -2.26. The van der Waals surface area contributed by atoms with Gasteiger partial charge in [0.25, 0.3) is 0 Å². The molecule has 2 rings (SSSR count). The molecule has 1 aromatic rings. The summed E-state index contributed by atoms with van der Waals surface area (Å²) in [5.74, 6) is 5.95. The molecule has 0 heterocycles. The molecule has 1 aliphatic rings. The van der Waals surface area contributed by atoms with E-state index in [0.29, 0.717) is 24.7 Å². The summed E-state index contributed by atoms with van der Waals surface area (Å²) in [6, 6.07) is 8.23. The van der Waals surface area contributed by atoms with Crippen molar-refractivity contribution in [2.75, 3.05) is 6.54 Å². The topological polar surface area (TPSA) is 35.2 Å². The lowest BCUT2D eigenvalue weighted by atomic mass is 9.76. The third kappa shape index (κ3) is 4.67. The second-order valence-electron chi connectivity index (χ2n) is 6.38. The zero-order valence-electron chi connectivity index (χ0n) is 12.6. The van der Waals surface area contributed by atoms with E-state index in [1.807, 2.05) is 12.1 Å². The van der Waals surface area contributed by atoms with E-state index in [1.54, 1.807) is 0 Å². The van der Waals surface area contributed by atoms with Crippen molar-refractivity contribution in [2.24, 2.45) is 11.1 Å². The molecule has 1 aromatic carbocycles. The van der Waals surface area contributed by atoms with E-state index in [1.165, 1.54) is 31.2 Å². The quantitative estimate of drug-likeness (QED) is 0.854. The van der Waals surface area contributed by atoms with Crippen LogP contribution in [0.25, 0.3) is 0 Å². The Kier molecular flexibility index (Phi) is 5.23. The molecule has 1 saturated carbocycles. The minimum absolute atomic E-state index is 0.401. The first-order valence-electron chi connectivity index (χ1n) is 7.48. The van der Waals surface area contributed by atoms with Crippen LogP contribution in [0.15, 0.2) is 24.3 Å². The summed E-state index contributed by atoms with van der Waals surface area (Å²) < 4.78 is 6.05. The van der Waals surface area contributed by atoms with E-state index >= 15 is 0 Å². The maximum atomic E-state index is 6.05. The molecule has 2 N–H and O–H groups in total. The predicted octanol–water partition coefficient (Wildman–Crippen LogP) is 3.48. The summed E-state index contributed by atoms with van der Waals surface area (Å²) in [5.41, 5.74) is 8.10. The Labute approximate surface area is 122 Å². The van der Waals surface area contributed by atoms with Crippen LogP contribution in [0.2, 0.25) is 0 Å². The molecule has 0 radical (unpaired) electrons. The maximum Gasteiger partial charge on any atom is 0.0721 e. The van der Waals surface area contributed by atoms with Gasteiger partial charge in [-0.2, -0.15) is 0 Å². The molecule has 0 saturated heterocycles. The normalized spacial score (nSPS) is 18.4. The number of benzene rings is 1. The van der Waals surface area contributed by atoms with E-state index in [-0.39, 0.29) is 0 Å². The van der Waals surface area contributed by atoms with Crippen molar-refractivity contribution in [2.45, 2.75) is 52.2 Å². The summed E-state index contributed by atoms with van der Waals surface area (Å²) in [5, 5.41) is 0. The molecule has 1 aliphatic carbocycles. The highest BCUT2D eigenvalue weighted by molar-refractivity contribution is 5.37. The van der Waals surface area contributed by atoms with Crippen molar-refractivity contribution in [3.05, 3.63) is 35.4 Å². The van der Waals surface area contributed by atoms with Gasteiger partial charge in [-0.05, 0) is 48.8 Å². The maximum absolute atomic E-state index is 6.05. The van der Waals surface area contributed by atoms with Gasteiger partial charge in [0.1, 0.15) is 0 Å². The highest BCUT2D eigenvalue weighted by Crippen LogP contribution is 2.36. The molecule has 0 atom stereocenters. The van der Waals surface area contributed by atoms with Gasteiger partial charge in [-0.15, -0.1) is 0 Å². The van der Waals surface area contributed by atoms with Gasteiger partial charge in [0.05, 0.1) is 19.3 Å². The number of nitrogens with two attached hydrogens (primary N) is 1. The highest BCUT2D eigenvalue weighted by atomic mass is 16.5. The van der Waals surface area contributed by atoms with Crippen LogP contribution in [0.1, 0.15) is 50.7 Å². The number of hydrogen-bond acceptors (Lipinski definition) is 2.